The molecule has 0 aliphatic rings. The van der Waals surface area contributed by atoms with Gasteiger partial charge in [0.25, 0.3) is 0 Å². The molecule has 8 heteroatoms. The third-order valence-electron chi connectivity index (χ3n) is 5.41. The normalized spacial score (nSPS) is 11.2. The first kappa shape index (κ1) is 25.3. The van der Waals surface area contributed by atoms with Gasteiger partial charge in [-0.1, -0.05) is 50.6 Å². The van der Waals surface area contributed by atoms with Crippen LogP contribution in [0.2, 0.25) is 0 Å². The lowest BCUT2D eigenvalue weighted by Gasteiger charge is -2.13. The molecule has 0 radical (unpaired) electrons. The van der Waals surface area contributed by atoms with Gasteiger partial charge in [0, 0.05) is 35.1 Å². The van der Waals surface area contributed by atoms with Gasteiger partial charge in [-0.3, -0.25) is 0 Å². The molecular weight excluding hydrogens is 470 g/mol. The molecule has 4 rings (SSSR count). The zero-order valence-corrected chi connectivity index (χ0v) is 21.7. The number of aromatic nitrogens is 2. The largest absolute Gasteiger partial charge is 0.395 e. The van der Waals surface area contributed by atoms with Gasteiger partial charge in [0.15, 0.2) is 0 Å². The van der Waals surface area contributed by atoms with Crippen molar-refractivity contribution in [3.63, 3.8) is 0 Å². The van der Waals surface area contributed by atoms with Crippen molar-refractivity contribution in [1.29, 1.82) is 0 Å². The minimum atomic E-state index is -0.301. The molecule has 0 atom stereocenters. The van der Waals surface area contributed by atoms with Crippen LogP contribution in [0.4, 0.5) is 22.0 Å². The molecule has 2 aromatic heterocycles. The van der Waals surface area contributed by atoms with Crippen LogP contribution in [-0.2, 0) is 5.41 Å². The first-order valence-electron chi connectivity index (χ1n) is 11.8. The van der Waals surface area contributed by atoms with Crippen molar-refractivity contribution in [3.8, 4) is 21.7 Å². The van der Waals surface area contributed by atoms with Crippen molar-refractivity contribution in [2.45, 2.75) is 33.1 Å². The first-order chi connectivity index (χ1) is 17.2. The van der Waals surface area contributed by atoms with Crippen LogP contribution >= 0.6 is 11.3 Å². The second kappa shape index (κ2) is 10.9. The van der Waals surface area contributed by atoms with Gasteiger partial charge >= 0.3 is 6.03 Å². The predicted molar refractivity (Wildman–Crippen MR) is 149 cm³/mol. The third-order valence-corrected chi connectivity index (χ3v) is 6.94. The summed E-state index contributed by atoms with van der Waals surface area (Å²) in [5, 5.41) is 19.1. The molecule has 0 saturated heterocycles. The number of hydrogen-bond donors (Lipinski definition) is 4. The monoisotopic (exact) mass is 501 g/mol. The molecule has 0 bridgehead atoms. The number of nitrogens with zero attached hydrogens (tertiary/aromatic N) is 2. The maximum absolute atomic E-state index is 12.6. The van der Waals surface area contributed by atoms with Crippen LogP contribution in [-0.4, -0.2) is 34.3 Å². The summed E-state index contributed by atoms with van der Waals surface area (Å²) in [4.78, 5) is 23.0. The molecule has 0 saturated carbocycles. The second-order valence-electron chi connectivity index (χ2n) is 9.55. The number of rotatable bonds is 7. The number of aryl methyl sites for hydroxylation is 1. The average molecular weight is 502 g/mol. The number of aliphatic hydroxyl groups is 1. The summed E-state index contributed by atoms with van der Waals surface area (Å²) in [7, 11) is 0. The summed E-state index contributed by atoms with van der Waals surface area (Å²) in [6, 6.07) is 19.0. The molecule has 0 spiro atoms. The van der Waals surface area contributed by atoms with E-state index in [0.29, 0.717) is 18.1 Å². The molecule has 0 aliphatic carbocycles. The Bertz CT molecular complexity index is 1340. The van der Waals surface area contributed by atoms with E-state index in [-0.39, 0.29) is 18.1 Å². The Hall–Kier alpha value is -3.75. The van der Waals surface area contributed by atoms with E-state index >= 15 is 0 Å². The van der Waals surface area contributed by atoms with Crippen LogP contribution in [0.15, 0.2) is 66.9 Å². The molecule has 0 aliphatic heterocycles. The van der Waals surface area contributed by atoms with Crippen LogP contribution in [0.25, 0.3) is 21.7 Å². The van der Waals surface area contributed by atoms with Gasteiger partial charge in [0.05, 0.1) is 22.2 Å². The molecule has 2 aromatic carbocycles. The zero-order valence-electron chi connectivity index (χ0n) is 20.9. The van der Waals surface area contributed by atoms with E-state index < -0.39 is 0 Å². The number of carbonyl (C=O) groups excluding carboxylic acids is 1. The molecule has 2 amide bonds. The zero-order chi connectivity index (χ0) is 25.7. The van der Waals surface area contributed by atoms with Gasteiger partial charge in [-0.05, 0) is 48.9 Å². The molecule has 7 nitrogen and oxygen atoms in total. The minimum Gasteiger partial charge on any atom is -0.395 e. The van der Waals surface area contributed by atoms with E-state index in [4.69, 9.17) is 10.1 Å². The predicted octanol–water partition coefficient (Wildman–Crippen LogP) is 6.53. The molecule has 4 aromatic rings. The number of hydrogen-bond acceptors (Lipinski definition) is 6. The summed E-state index contributed by atoms with van der Waals surface area (Å²) < 4.78 is 0. The maximum atomic E-state index is 12.6. The number of thiazole rings is 1. The van der Waals surface area contributed by atoms with Crippen LogP contribution in [0, 0.1) is 6.92 Å². The van der Waals surface area contributed by atoms with Gasteiger partial charge in [-0.15, -0.1) is 11.3 Å². The summed E-state index contributed by atoms with van der Waals surface area (Å²) >= 11 is 1.65. The van der Waals surface area contributed by atoms with Crippen LogP contribution in [0.1, 0.15) is 31.3 Å². The lowest BCUT2D eigenvalue weighted by Crippen LogP contribution is -2.19. The fourth-order valence-electron chi connectivity index (χ4n) is 3.56. The lowest BCUT2D eigenvalue weighted by molar-refractivity contribution is 0.262. The second-order valence-corrected chi connectivity index (χ2v) is 10.6. The van der Waals surface area contributed by atoms with E-state index in [1.165, 1.54) is 0 Å². The van der Waals surface area contributed by atoms with E-state index in [2.05, 4.69) is 41.7 Å². The van der Waals surface area contributed by atoms with E-state index in [0.717, 1.165) is 38.0 Å². The maximum Gasteiger partial charge on any atom is 0.323 e. The number of nitrogens with one attached hydrogen (secondary N) is 3. The van der Waals surface area contributed by atoms with Crippen molar-refractivity contribution < 1.29 is 9.90 Å². The van der Waals surface area contributed by atoms with Crippen molar-refractivity contribution in [2.75, 3.05) is 29.1 Å². The summed E-state index contributed by atoms with van der Waals surface area (Å²) in [6.45, 7) is 8.90. The standard InChI is InChI=1S/C28H31N5O2S/c1-18-8-10-21(11-9-18)31-27(35)32-22-7-5-6-20(16-22)25-24(33-26(36-25)28(2,3)4)19-12-13-29-23(17-19)30-14-15-34/h5-13,16-17,34H,14-15H2,1-4H3,(H,29,30)(H2,31,32,35). The molecule has 2 heterocycles. The SMILES string of the molecule is Cc1ccc(NC(=O)Nc2cccc(-c3sc(C(C)(C)C)nc3-c3ccnc(NCCO)c3)c2)cc1. The fraction of sp³-hybridized carbons (Fsp3) is 0.250. The highest BCUT2D eigenvalue weighted by Crippen LogP contribution is 2.41. The Morgan fingerprint density at radius 3 is 2.44 bits per heavy atom. The molecule has 0 fully saturated rings. The third kappa shape index (κ3) is 6.27. The summed E-state index contributed by atoms with van der Waals surface area (Å²) in [5.41, 5.74) is 5.20. The Morgan fingerprint density at radius 2 is 1.72 bits per heavy atom. The van der Waals surface area contributed by atoms with Gasteiger partial charge in [0.2, 0.25) is 0 Å². The Morgan fingerprint density at radius 1 is 0.972 bits per heavy atom. The minimum absolute atomic E-state index is 0.0271. The Labute approximate surface area is 215 Å². The average Bonchev–Trinajstić information content (AvgIpc) is 3.31. The van der Waals surface area contributed by atoms with Gasteiger partial charge < -0.3 is 21.1 Å². The highest BCUT2D eigenvalue weighted by molar-refractivity contribution is 7.15. The smallest absolute Gasteiger partial charge is 0.323 e. The van der Waals surface area contributed by atoms with Gasteiger partial charge in [-0.2, -0.15) is 0 Å². The first-order valence-corrected chi connectivity index (χ1v) is 12.6. The fourth-order valence-corrected chi connectivity index (χ4v) is 4.70. The topological polar surface area (TPSA) is 99.2 Å². The van der Waals surface area contributed by atoms with E-state index in [1.54, 1.807) is 17.5 Å². The molecule has 0 unspecified atom stereocenters. The number of carbonyl (C=O) groups is 1. The summed E-state index contributed by atoms with van der Waals surface area (Å²) in [6.07, 6.45) is 1.74. The van der Waals surface area contributed by atoms with Crippen LogP contribution in [0.5, 0.6) is 0 Å². The molecule has 36 heavy (non-hydrogen) atoms. The van der Waals surface area contributed by atoms with Gasteiger partial charge in [-0.25, -0.2) is 14.8 Å². The van der Waals surface area contributed by atoms with Crippen molar-refractivity contribution in [1.82, 2.24) is 9.97 Å². The Kier molecular flexibility index (Phi) is 7.67. The van der Waals surface area contributed by atoms with Crippen LogP contribution < -0.4 is 16.0 Å². The number of urea groups is 1. The van der Waals surface area contributed by atoms with E-state index in [1.807, 2.05) is 67.6 Å². The van der Waals surface area contributed by atoms with Gasteiger partial charge in [0.1, 0.15) is 5.82 Å². The van der Waals surface area contributed by atoms with Crippen molar-refractivity contribution >= 4 is 34.6 Å². The molecular formula is C28H31N5O2S. The number of anilines is 3. The lowest BCUT2D eigenvalue weighted by atomic mass is 9.98. The summed E-state index contributed by atoms with van der Waals surface area (Å²) in [5.74, 6) is 0.681. The number of pyridine rings is 1. The quantitative estimate of drug-likeness (QED) is 0.231. The number of amides is 2. The Balaban J connectivity index is 1.65. The highest BCUT2D eigenvalue weighted by Gasteiger charge is 2.23. The van der Waals surface area contributed by atoms with Crippen molar-refractivity contribution in [2.24, 2.45) is 0 Å². The van der Waals surface area contributed by atoms with Crippen molar-refractivity contribution in [3.05, 3.63) is 77.4 Å². The van der Waals surface area contributed by atoms with E-state index in [9.17, 15) is 4.79 Å². The van der Waals surface area contributed by atoms with Crippen LogP contribution in [0.3, 0.4) is 0 Å². The molecule has 4 N–H and O–H groups in total. The number of aliphatic hydroxyl groups excluding tert-OH is 1. The molecule has 186 valence electrons. The number of benzene rings is 2. The highest BCUT2D eigenvalue weighted by atomic mass is 32.1.